The highest BCUT2D eigenvalue weighted by atomic mass is 35.5. The number of likely N-dealkylation sites (N-methyl/N-ethyl adjacent to an activating group) is 1. The van der Waals surface area contributed by atoms with Crippen molar-refractivity contribution in [2.75, 3.05) is 37.9 Å². The number of carbonyl (C=O) groups excluding carboxylic acids is 1. The quantitative estimate of drug-likeness (QED) is 0.148. The van der Waals surface area contributed by atoms with E-state index in [1.54, 1.807) is 18.4 Å². The number of fused-ring (bicyclic) bond motifs is 1. The van der Waals surface area contributed by atoms with E-state index in [0.29, 0.717) is 34.2 Å². The van der Waals surface area contributed by atoms with Crippen molar-refractivity contribution in [3.8, 4) is 11.1 Å². The number of rotatable bonds is 12. The minimum absolute atomic E-state index is 0.217. The van der Waals surface area contributed by atoms with Crippen LogP contribution in [0.4, 0.5) is 15.9 Å². The summed E-state index contributed by atoms with van der Waals surface area (Å²) >= 11 is 6.16. The average Bonchev–Trinajstić information content (AvgIpc) is 3.42. The molecule has 0 aliphatic carbocycles. The van der Waals surface area contributed by atoms with Crippen molar-refractivity contribution in [2.24, 2.45) is 0 Å². The number of amides is 1. The molecule has 5 rings (SSSR count). The topological polar surface area (TPSA) is 92.5 Å². The van der Waals surface area contributed by atoms with Crippen LogP contribution in [-0.2, 0) is 16.1 Å². The van der Waals surface area contributed by atoms with Gasteiger partial charge in [-0.3, -0.25) is 4.79 Å². The molecule has 0 aliphatic rings. The second-order valence-corrected chi connectivity index (χ2v) is 10.6. The van der Waals surface area contributed by atoms with Crippen LogP contribution in [0, 0.1) is 5.82 Å². The maximum atomic E-state index is 13.7. The highest BCUT2D eigenvalue weighted by Gasteiger charge is 2.20. The molecular weight excluding hydrogens is 569 g/mol. The first-order valence-electron chi connectivity index (χ1n) is 13.6. The standard InChI is InChI=1S/C33H31ClFN5O3/c1-40(2)15-5-10-30(41)38-27-9-4-7-24(17-27)28-19-43-33-31(28)32(36-21-37-33)39-29(23-11-13-25(34)14-12-23)20-42-18-22-6-3-8-26(35)16-22/h3-14,16-17,19,21,29H,15,18,20H2,1-2H3,(H,38,41)(H,36,37,39)/t29-/m1/s1. The first kappa shape index (κ1) is 29.9. The van der Waals surface area contributed by atoms with Crippen LogP contribution < -0.4 is 10.6 Å². The third kappa shape index (κ3) is 8.04. The number of nitrogens with one attached hydrogen (secondary N) is 2. The Labute approximate surface area is 254 Å². The summed E-state index contributed by atoms with van der Waals surface area (Å²) in [7, 11) is 3.87. The second kappa shape index (κ2) is 14.1. The Bertz CT molecular complexity index is 1720. The van der Waals surface area contributed by atoms with E-state index < -0.39 is 0 Å². The van der Waals surface area contributed by atoms with Gasteiger partial charge in [-0.2, -0.15) is 0 Å². The maximum Gasteiger partial charge on any atom is 0.248 e. The molecule has 43 heavy (non-hydrogen) atoms. The van der Waals surface area contributed by atoms with Gasteiger partial charge >= 0.3 is 0 Å². The highest BCUT2D eigenvalue weighted by molar-refractivity contribution is 6.30. The fourth-order valence-corrected chi connectivity index (χ4v) is 4.64. The molecular formula is C33H31ClFN5O3. The van der Waals surface area contributed by atoms with Gasteiger partial charge in [0.2, 0.25) is 11.6 Å². The van der Waals surface area contributed by atoms with Crippen molar-refractivity contribution in [1.29, 1.82) is 0 Å². The number of anilines is 2. The van der Waals surface area contributed by atoms with E-state index in [4.69, 9.17) is 20.8 Å². The normalized spacial score (nSPS) is 12.2. The molecule has 1 atom stereocenters. The van der Waals surface area contributed by atoms with Crippen LogP contribution >= 0.6 is 11.6 Å². The van der Waals surface area contributed by atoms with Gasteiger partial charge in [0, 0.05) is 28.9 Å². The highest BCUT2D eigenvalue weighted by Crippen LogP contribution is 2.36. The van der Waals surface area contributed by atoms with Crippen molar-refractivity contribution in [1.82, 2.24) is 14.9 Å². The van der Waals surface area contributed by atoms with Crippen LogP contribution in [0.1, 0.15) is 17.2 Å². The zero-order chi connectivity index (χ0) is 30.2. The lowest BCUT2D eigenvalue weighted by molar-refractivity contribution is -0.111. The van der Waals surface area contributed by atoms with Gasteiger partial charge in [0.1, 0.15) is 24.2 Å². The molecule has 0 saturated carbocycles. The molecule has 0 aliphatic heterocycles. The molecule has 1 amide bonds. The zero-order valence-corrected chi connectivity index (χ0v) is 24.5. The van der Waals surface area contributed by atoms with Crippen LogP contribution in [0.5, 0.6) is 0 Å². The summed E-state index contributed by atoms with van der Waals surface area (Å²) in [6.45, 7) is 1.17. The van der Waals surface area contributed by atoms with Gasteiger partial charge in [-0.1, -0.05) is 54.1 Å². The first-order chi connectivity index (χ1) is 20.9. The summed E-state index contributed by atoms with van der Waals surface area (Å²) in [5.41, 5.74) is 4.28. The largest absolute Gasteiger partial charge is 0.445 e. The molecule has 2 aromatic heterocycles. The van der Waals surface area contributed by atoms with Crippen LogP contribution in [0.15, 0.2) is 102 Å². The van der Waals surface area contributed by atoms with Gasteiger partial charge < -0.3 is 24.7 Å². The number of ether oxygens (including phenoxy) is 1. The van der Waals surface area contributed by atoms with Crippen molar-refractivity contribution >= 4 is 40.1 Å². The molecule has 8 nitrogen and oxygen atoms in total. The van der Waals surface area contributed by atoms with Crippen LogP contribution in [0.2, 0.25) is 5.02 Å². The van der Waals surface area contributed by atoms with E-state index >= 15 is 0 Å². The van der Waals surface area contributed by atoms with E-state index in [2.05, 4.69) is 20.6 Å². The molecule has 220 valence electrons. The Morgan fingerprint density at radius 3 is 2.70 bits per heavy atom. The van der Waals surface area contributed by atoms with Crippen LogP contribution in [0.25, 0.3) is 22.2 Å². The summed E-state index contributed by atoms with van der Waals surface area (Å²) in [5, 5.41) is 7.70. The molecule has 0 bridgehead atoms. The van der Waals surface area contributed by atoms with E-state index in [1.807, 2.05) is 73.6 Å². The summed E-state index contributed by atoms with van der Waals surface area (Å²) in [5.74, 6) is 0.0173. The average molecular weight is 600 g/mol. The van der Waals surface area contributed by atoms with Gasteiger partial charge in [-0.15, -0.1) is 0 Å². The first-order valence-corrected chi connectivity index (χ1v) is 14.0. The molecule has 2 N–H and O–H groups in total. The lowest BCUT2D eigenvalue weighted by Gasteiger charge is -2.21. The van der Waals surface area contributed by atoms with Crippen molar-refractivity contribution in [2.45, 2.75) is 12.6 Å². The Balaban J connectivity index is 1.40. The smallest absolute Gasteiger partial charge is 0.248 e. The summed E-state index contributed by atoms with van der Waals surface area (Å²) < 4.78 is 25.5. The number of benzene rings is 3. The Hall–Kier alpha value is -4.57. The minimum atomic E-state index is -0.328. The van der Waals surface area contributed by atoms with Gasteiger partial charge in [0.05, 0.1) is 24.6 Å². The predicted octanol–water partition coefficient (Wildman–Crippen LogP) is 7.11. The number of aromatic nitrogens is 2. The Morgan fingerprint density at radius 1 is 1.09 bits per heavy atom. The molecule has 0 radical (unpaired) electrons. The Kier molecular flexibility index (Phi) is 9.78. The molecule has 2 heterocycles. The molecule has 0 unspecified atom stereocenters. The molecule has 0 fully saturated rings. The van der Waals surface area contributed by atoms with E-state index in [9.17, 15) is 9.18 Å². The SMILES string of the molecule is CN(C)CC=CC(=O)Nc1cccc(-c2coc3ncnc(N[C@H](COCc4cccc(F)c4)c4ccc(Cl)cc4)c23)c1. The van der Waals surface area contributed by atoms with Gasteiger partial charge in [0.25, 0.3) is 0 Å². The maximum absolute atomic E-state index is 13.7. The summed E-state index contributed by atoms with van der Waals surface area (Å²) in [4.78, 5) is 23.3. The van der Waals surface area contributed by atoms with Crippen LogP contribution in [0.3, 0.4) is 0 Å². The van der Waals surface area contributed by atoms with Crippen molar-refractivity contribution < 1.29 is 18.3 Å². The number of hydrogen-bond donors (Lipinski definition) is 2. The fraction of sp³-hybridized carbons (Fsp3) is 0.182. The summed E-state index contributed by atoms with van der Waals surface area (Å²) in [6, 6.07) is 20.9. The van der Waals surface area contributed by atoms with Gasteiger partial charge in [0.15, 0.2) is 0 Å². The third-order valence-electron chi connectivity index (χ3n) is 6.58. The Morgan fingerprint density at radius 2 is 1.91 bits per heavy atom. The number of hydrogen-bond acceptors (Lipinski definition) is 7. The van der Waals surface area contributed by atoms with Crippen molar-refractivity contribution in [3.63, 3.8) is 0 Å². The fourth-order valence-electron chi connectivity index (χ4n) is 4.52. The minimum Gasteiger partial charge on any atom is -0.445 e. The third-order valence-corrected chi connectivity index (χ3v) is 6.83. The predicted molar refractivity (Wildman–Crippen MR) is 167 cm³/mol. The summed E-state index contributed by atoms with van der Waals surface area (Å²) in [6.07, 6.45) is 6.38. The monoisotopic (exact) mass is 599 g/mol. The zero-order valence-electron chi connectivity index (χ0n) is 23.8. The number of carbonyl (C=O) groups is 1. The van der Waals surface area contributed by atoms with Gasteiger partial charge in [-0.05, 0) is 67.2 Å². The second-order valence-electron chi connectivity index (χ2n) is 10.2. The molecule has 10 heteroatoms. The lowest BCUT2D eigenvalue weighted by Crippen LogP contribution is -2.18. The number of nitrogens with zero attached hydrogens (tertiary/aromatic N) is 3. The number of furan rings is 1. The van der Waals surface area contributed by atoms with E-state index in [-0.39, 0.29) is 31.0 Å². The molecule has 0 spiro atoms. The molecule has 3 aromatic carbocycles. The van der Waals surface area contributed by atoms with Crippen molar-refractivity contribution in [3.05, 3.63) is 120 Å². The van der Waals surface area contributed by atoms with Gasteiger partial charge in [-0.25, -0.2) is 14.4 Å². The molecule has 5 aromatic rings. The van der Waals surface area contributed by atoms with E-state index in [0.717, 1.165) is 22.3 Å². The number of halogens is 2. The van der Waals surface area contributed by atoms with E-state index in [1.165, 1.54) is 24.5 Å². The lowest BCUT2D eigenvalue weighted by atomic mass is 10.0. The molecule has 0 saturated heterocycles. The van der Waals surface area contributed by atoms with Crippen LogP contribution in [-0.4, -0.2) is 48.0 Å².